The molecule has 0 amide bonds. The van der Waals surface area contributed by atoms with E-state index in [1.807, 2.05) is 0 Å². The molecule has 0 radical (unpaired) electrons. The van der Waals surface area contributed by atoms with Gasteiger partial charge in [-0.05, 0) is 19.3 Å². The van der Waals surface area contributed by atoms with Crippen LogP contribution in [0.2, 0.25) is 0 Å². The van der Waals surface area contributed by atoms with Gasteiger partial charge in [-0.25, -0.2) is 8.42 Å². The largest absolute Gasteiger partial charge is 0.748 e. The summed E-state index contributed by atoms with van der Waals surface area (Å²) >= 11 is 0. The van der Waals surface area contributed by atoms with E-state index in [0.717, 1.165) is 36.8 Å². The van der Waals surface area contributed by atoms with Crippen molar-refractivity contribution in [1.82, 2.24) is 0 Å². The summed E-state index contributed by atoms with van der Waals surface area (Å²) in [4.78, 5) is 0. The summed E-state index contributed by atoms with van der Waals surface area (Å²) in [7, 11) is 0.162. The quantitative estimate of drug-likeness (QED) is 0.0812. The Hall–Kier alpha value is -0.130. The van der Waals surface area contributed by atoms with E-state index >= 15 is 0 Å². The van der Waals surface area contributed by atoms with Crippen LogP contribution in [0.15, 0.2) is 0 Å². The molecule has 0 bridgehead atoms. The molecule has 0 aliphatic carbocycles. The molecule has 0 fully saturated rings. The molecule has 4 nitrogen and oxygen atoms in total. The van der Waals surface area contributed by atoms with Crippen LogP contribution in [-0.2, 0) is 10.1 Å². The lowest BCUT2D eigenvalue weighted by Gasteiger charge is -2.32. The Morgan fingerprint density at radius 1 is 0.562 bits per heavy atom. The first kappa shape index (κ1) is 31.9. The zero-order chi connectivity index (χ0) is 24.1. The van der Waals surface area contributed by atoms with Crippen LogP contribution in [0.3, 0.4) is 0 Å². The van der Waals surface area contributed by atoms with Crippen molar-refractivity contribution in [2.24, 2.45) is 0 Å². The SMILES string of the molecule is CCCCCCCCCCCC[N+](C)(C)CCC(CCCCCCCCCC)S(=O)(=O)[O-]. The molecule has 0 aliphatic heterocycles. The fourth-order valence-corrected chi connectivity index (χ4v) is 5.42. The highest BCUT2D eigenvalue weighted by molar-refractivity contribution is 7.86. The molecule has 0 saturated heterocycles. The van der Waals surface area contributed by atoms with Crippen LogP contribution in [-0.4, -0.2) is 49.9 Å². The van der Waals surface area contributed by atoms with Crippen LogP contribution >= 0.6 is 0 Å². The van der Waals surface area contributed by atoms with Gasteiger partial charge in [0.15, 0.2) is 0 Å². The van der Waals surface area contributed by atoms with E-state index in [4.69, 9.17) is 0 Å². The monoisotopic (exact) mass is 475 g/mol. The predicted molar refractivity (Wildman–Crippen MR) is 139 cm³/mol. The fraction of sp³-hybridized carbons (Fsp3) is 1.00. The van der Waals surface area contributed by atoms with Crippen molar-refractivity contribution in [3.63, 3.8) is 0 Å². The lowest BCUT2D eigenvalue weighted by Crippen LogP contribution is -2.43. The molecule has 32 heavy (non-hydrogen) atoms. The highest BCUT2D eigenvalue weighted by Gasteiger charge is 2.22. The minimum Gasteiger partial charge on any atom is -0.748 e. The highest BCUT2D eigenvalue weighted by Crippen LogP contribution is 2.18. The van der Waals surface area contributed by atoms with Gasteiger partial charge in [-0.3, -0.25) is 0 Å². The third-order valence-electron chi connectivity index (χ3n) is 6.96. The molecule has 5 heteroatoms. The first-order valence-corrected chi connectivity index (χ1v) is 15.5. The van der Waals surface area contributed by atoms with Crippen LogP contribution in [0.25, 0.3) is 0 Å². The lowest BCUT2D eigenvalue weighted by atomic mass is 10.0. The van der Waals surface area contributed by atoms with Crippen molar-refractivity contribution >= 4 is 10.1 Å². The maximum absolute atomic E-state index is 11.8. The minimum atomic E-state index is -4.20. The summed E-state index contributed by atoms with van der Waals surface area (Å²) < 4.78 is 36.1. The molecule has 0 N–H and O–H groups in total. The third kappa shape index (κ3) is 20.5. The average molecular weight is 476 g/mol. The Kier molecular flexibility index (Phi) is 20.2. The van der Waals surface area contributed by atoms with Crippen molar-refractivity contribution in [2.75, 3.05) is 27.2 Å². The van der Waals surface area contributed by atoms with Gasteiger partial charge in [-0.1, -0.05) is 117 Å². The first-order chi connectivity index (χ1) is 15.2. The molecule has 0 saturated carbocycles. The van der Waals surface area contributed by atoms with Gasteiger partial charge >= 0.3 is 0 Å². The second-order valence-corrected chi connectivity index (χ2v) is 12.4. The van der Waals surface area contributed by atoms with Gasteiger partial charge in [0, 0.05) is 6.42 Å². The number of quaternary nitrogens is 1. The summed E-state index contributed by atoms with van der Waals surface area (Å²) in [5.74, 6) is 0. The Balaban J connectivity index is 3.95. The molecular weight excluding hydrogens is 418 g/mol. The summed E-state index contributed by atoms with van der Waals surface area (Å²) in [6.07, 6.45) is 23.8. The summed E-state index contributed by atoms with van der Waals surface area (Å²) in [5.41, 5.74) is 0. The van der Waals surface area contributed by atoms with Gasteiger partial charge in [0.25, 0.3) is 0 Å². The van der Waals surface area contributed by atoms with E-state index in [1.165, 1.54) is 96.3 Å². The number of nitrogens with zero attached hydrogens (tertiary/aromatic N) is 1. The van der Waals surface area contributed by atoms with Gasteiger partial charge in [0.1, 0.15) is 0 Å². The molecule has 0 aromatic heterocycles. The topological polar surface area (TPSA) is 57.2 Å². The predicted octanol–water partition coefficient (Wildman–Crippen LogP) is 7.82. The van der Waals surface area contributed by atoms with E-state index < -0.39 is 15.4 Å². The Bertz CT molecular complexity index is 505. The number of hydrogen-bond donors (Lipinski definition) is 0. The van der Waals surface area contributed by atoms with Crippen molar-refractivity contribution in [3.05, 3.63) is 0 Å². The van der Waals surface area contributed by atoms with E-state index in [0.29, 0.717) is 12.8 Å². The smallest absolute Gasteiger partial charge is 0.0977 e. The molecule has 0 aromatic rings. The first-order valence-electron chi connectivity index (χ1n) is 14.0. The van der Waals surface area contributed by atoms with E-state index in [2.05, 4.69) is 27.9 Å². The van der Waals surface area contributed by atoms with Crippen LogP contribution < -0.4 is 0 Å². The van der Waals surface area contributed by atoms with Crippen LogP contribution in [0, 0.1) is 0 Å². The number of unbranched alkanes of at least 4 members (excludes halogenated alkanes) is 16. The Morgan fingerprint density at radius 3 is 1.34 bits per heavy atom. The normalized spacial score (nSPS) is 13.5. The second kappa shape index (κ2) is 20.3. The molecule has 194 valence electrons. The van der Waals surface area contributed by atoms with Gasteiger partial charge in [-0.15, -0.1) is 0 Å². The zero-order valence-corrected chi connectivity index (χ0v) is 23.0. The molecule has 1 unspecified atom stereocenters. The Labute approximate surface area is 202 Å². The zero-order valence-electron chi connectivity index (χ0n) is 22.2. The van der Waals surface area contributed by atoms with Crippen LogP contribution in [0.4, 0.5) is 0 Å². The molecule has 0 heterocycles. The Morgan fingerprint density at radius 2 is 0.938 bits per heavy atom. The molecular formula is C27H57NO3S. The van der Waals surface area contributed by atoms with E-state index in [9.17, 15) is 13.0 Å². The summed E-state index contributed by atoms with van der Waals surface area (Å²) in [5, 5.41) is -0.701. The van der Waals surface area contributed by atoms with Crippen molar-refractivity contribution in [1.29, 1.82) is 0 Å². The number of rotatable bonds is 24. The molecule has 0 aromatic carbocycles. The van der Waals surface area contributed by atoms with Crippen LogP contribution in [0.5, 0.6) is 0 Å². The van der Waals surface area contributed by atoms with Crippen molar-refractivity contribution in [3.8, 4) is 0 Å². The molecule has 0 aliphatic rings. The van der Waals surface area contributed by atoms with Crippen LogP contribution in [0.1, 0.15) is 142 Å². The lowest BCUT2D eigenvalue weighted by molar-refractivity contribution is -0.890. The minimum absolute atomic E-state index is 0.507. The van der Waals surface area contributed by atoms with E-state index in [1.54, 1.807) is 0 Å². The van der Waals surface area contributed by atoms with Gasteiger partial charge in [-0.2, -0.15) is 0 Å². The third-order valence-corrected chi connectivity index (χ3v) is 8.25. The second-order valence-electron chi connectivity index (χ2n) is 10.7. The average Bonchev–Trinajstić information content (AvgIpc) is 2.72. The van der Waals surface area contributed by atoms with Gasteiger partial charge in [0.05, 0.1) is 42.6 Å². The summed E-state index contributed by atoms with van der Waals surface area (Å²) in [6.45, 7) is 6.33. The molecule has 0 rings (SSSR count). The van der Waals surface area contributed by atoms with Gasteiger partial charge in [0.2, 0.25) is 0 Å². The molecule has 0 spiro atoms. The maximum Gasteiger partial charge on any atom is 0.0977 e. The fourth-order valence-electron chi connectivity index (χ4n) is 4.57. The summed E-state index contributed by atoms with van der Waals surface area (Å²) in [6, 6.07) is 0. The molecule has 1 atom stereocenters. The van der Waals surface area contributed by atoms with Gasteiger partial charge < -0.3 is 9.04 Å². The van der Waals surface area contributed by atoms with E-state index in [-0.39, 0.29) is 0 Å². The number of hydrogen-bond acceptors (Lipinski definition) is 3. The van der Waals surface area contributed by atoms with Crippen molar-refractivity contribution < 1.29 is 17.5 Å². The standard InChI is InChI=1S/C27H57NO3S/c1-5-7-9-11-13-15-16-18-20-22-25-28(3,4)26-24-27(32(29,30)31)23-21-19-17-14-12-10-8-6-2/h27H,5-26H2,1-4H3. The van der Waals surface area contributed by atoms with Crippen molar-refractivity contribution in [2.45, 2.75) is 148 Å². The highest BCUT2D eigenvalue weighted by atomic mass is 32.2. The maximum atomic E-state index is 11.8.